The van der Waals surface area contributed by atoms with Crippen LogP contribution in [-0.4, -0.2) is 29.6 Å². The van der Waals surface area contributed by atoms with Crippen LogP contribution in [0.5, 0.6) is 0 Å². The molecule has 1 heterocycles. The summed E-state index contributed by atoms with van der Waals surface area (Å²) in [6.45, 7) is 28.9. The lowest BCUT2D eigenvalue weighted by atomic mass is 9.89. The standard InChI is InChI=1S/C29H49BrNOSi2/c1-17(2)24-16-25-27(26(18(3)4)28(24)30)23(29(19(5)6)31(25)33)14-13-15-32-34(20(7)8,21(9)10)22(11)12/h16-22H,13-15H2,1-12H3. The second-order valence-corrected chi connectivity index (χ2v) is 18.7. The van der Waals surface area contributed by atoms with Crippen LogP contribution in [0.1, 0.15) is 130 Å². The molecule has 1 aromatic carbocycles. The van der Waals surface area contributed by atoms with Gasteiger partial charge in [0.1, 0.15) is 0 Å². The Balaban J connectivity index is 2.54. The molecule has 0 spiro atoms. The second-order valence-electron chi connectivity index (χ2n) is 12.0. The van der Waals surface area contributed by atoms with Crippen LogP contribution in [-0.2, 0) is 10.8 Å². The number of halogens is 1. The number of hydrogen-bond acceptors (Lipinski definition) is 1. The smallest absolute Gasteiger partial charge is 0.200 e. The molecule has 0 N–H and O–H groups in total. The maximum Gasteiger partial charge on any atom is 0.200 e. The first-order chi connectivity index (χ1) is 15.7. The molecular weight excluding hydrogens is 514 g/mol. The van der Waals surface area contributed by atoms with E-state index in [1.165, 1.54) is 37.8 Å². The van der Waals surface area contributed by atoms with Crippen molar-refractivity contribution in [2.75, 3.05) is 6.61 Å². The number of benzene rings is 1. The lowest BCUT2D eigenvalue weighted by Crippen LogP contribution is -2.48. The SMILES string of the molecule is CC(C)c1cc2c(c(CCCO[Si](C(C)C)(C(C)C)C(C)C)c(C(C)C)n2[Si])c(C(C)C)c1Br. The fourth-order valence-electron chi connectivity index (χ4n) is 6.39. The van der Waals surface area contributed by atoms with E-state index >= 15 is 0 Å². The topological polar surface area (TPSA) is 14.2 Å². The van der Waals surface area contributed by atoms with Crippen molar-refractivity contribution >= 4 is 45.6 Å². The maximum absolute atomic E-state index is 6.92. The van der Waals surface area contributed by atoms with Gasteiger partial charge in [-0.25, -0.2) is 0 Å². The van der Waals surface area contributed by atoms with Crippen molar-refractivity contribution in [1.82, 2.24) is 4.23 Å². The Morgan fingerprint density at radius 1 is 0.853 bits per heavy atom. The zero-order valence-corrected chi connectivity index (χ0v) is 27.5. The van der Waals surface area contributed by atoms with Gasteiger partial charge in [0.15, 0.2) is 18.7 Å². The maximum atomic E-state index is 6.92. The summed E-state index contributed by atoms with van der Waals surface area (Å²) in [6, 6.07) is 2.39. The van der Waals surface area contributed by atoms with Crippen LogP contribution < -0.4 is 0 Å². The molecule has 0 bridgehead atoms. The van der Waals surface area contributed by atoms with E-state index in [-0.39, 0.29) is 0 Å². The molecule has 1 aromatic heterocycles. The Morgan fingerprint density at radius 2 is 1.38 bits per heavy atom. The molecule has 2 aromatic rings. The molecule has 2 nitrogen and oxygen atoms in total. The number of aryl methyl sites for hydroxylation is 1. The van der Waals surface area contributed by atoms with Crippen molar-refractivity contribution in [2.24, 2.45) is 0 Å². The average molecular weight is 564 g/mol. The van der Waals surface area contributed by atoms with Crippen molar-refractivity contribution < 1.29 is 4.43 Å². The highest BCUT2D eigenvalue weighted by Gasteiger charge is 2.44. The normalized spacial score (nSPS) is 13.3. The minimum Gasteiger partial charge on any atom is -0.416 e. The van der Waals surface area contributed by atoms with Gasteiger partial charge in [-0.3, -0.25) is 0 Å². The van der Waals surface area contributed by atoms with E-state index in [1.54, 1.807) is 0 Å². The first-order valence-electron chi connectivity index (χ1n) is 13.4. The van der Waals surface area contributed by atoms with E-state index in [4.69, 9.17) is 4.43 Å². The summed E-state index contributed by atoms with van der Waals surface area (Å²) >= 11 is 4.02. The monoisotopic (exact) mass is 562 g/mol. The van der Waals surface area contributed by atoms with Gasteiger partial charge < -0.3 is 8.66 Å². The van der Waals surface area contributed by atoms with Crippen LogP contribution >= 0.6 is 15.9 Å². The minimum atomic E-state index is -1.83. The highest BCUT2D eigenvalue weighted by molar-refractivity contribution is 9.10. The Hall–Kier alpha value is -0.366. The number of fused-ring (bicyclic) bond motifs is 1. The predicted molar refractivity (Wildman–Crippen MR) is 158 cm³/mol. The summed E-state index contributed by atoms with van der Waals surface area (Å²) in [5.41, 5.74) is 8.92. The Labute approximate surface area is 223 Å². The van der Waals surface area contributed by atoms with Crippen LogP contribution in [0.3, 0.4) is 0 Å². The fraction of sp³-hybridized carbons (Fsp3) is 0.724. The summed E-state index contributed by atoms with van der Waals surface area (Å²) in [4.78, 5) is 0. The van der Waals surface area contributed by atoms with Crippen LogP contribution in [0, 0.1) is 0 Å². The van der Waals surface area contributed by atoms with Crippen LogP contribution in [0.4, 0.5) is 0 Å². The van der Waals surface area contributed by atoms with Gasteiger partial charge in [0.25, 0.3) is 0 Å². The molecule has 0 aliphatic heterocycles. The number of hydrogen-bond donors (Lipinski definition) is 0. The summed E-state index contributed by atoms with van der Waals surface area (Å²) in [5.74, 6) is 1.36. The van der Waals surface area contributed by atoms with Crippen LogP contribution in [0.25, 0.3) is 10.9 Å². The van der Waals surface area contributed by atoms with Crippen molar-refractivity contribution in [3.8, 4) is 0 Å². The van der Waals surface area contributed by atoms with Gasteiger partial charge in [-0.05, 0) is 70.0 Å². The van der Waals surface area contributed by atoms with Gasteiger partial charge in [-0.2, -0.15) is 0 Å². The first-order valence-corrected chi connectivity index (χ1v) is 16.8. The lowest BCUT2D eigenvalue weighted by molar-refractivity contribution is 0.272. The molecule has 191 valence electrons. The van der Waals surface area contributed by atoms with E-state index in [0.29, 0.717) is 34.4 Å². The third-order valence-corrected chi connectivity index (χ3v) is 15.3. The lowest BCUT2D eigenvalue weighted by Gasteiger charge is -2.42. The number of nitrogens with zero attached hydrogens (tertiary/aromatic N) is 1. The molecule has 3 radical (unpaired) electrons. The van der Waals surface area contributed by atoms with Crippen molar-refractivity contribution in [3.63, 3.8) is 0 Å². The summed E-state index contributed by atoms with van der Waals surface area (Å²) in [6.07, 6.45) is 2.11. The molecule has 0 atom stereocenters. The van der Waals surface area contributed by atoms with Crippen LogP contribution in [0.2, 0.25) is 16.6 Å². The number of aromatic nitrogens is 1. The van der Waals surface area contributed by atoms with E-state index in [2.05, 4.69) is 120 Å². The van der Waals surface area contributed by atoms with Gasteiger partial charge >= 0.3 is 0 Å². The average Bonchev–Trinajstić information content (AvgIpc) is 2.97. The zero-order valence-electron chi connectivity index (χ0n) is 23.9. The molecule has 0 saturated heterocycles. The van der Waals surface area contributed by atoms with Crippen LogP contribution in [0.15, 0.2) is 10.5 Å². The highest BCUT2D eigenvalue weighted by Crippen LogP contribution is 2.44. The third-order valence-electron chi connectivity index (χ3n) is 7.78. The van der Waals surface area contributed by atoms with Gasteiger partial charge in [-0.15, -0.1) is 0 Å². The highest BCUT2D eigenvalue weighted by atomic mass is 79.9. The fourth-order valence-corrected chi connectivity index (χ4v) is 13.7. The van der Waals surface area contributed by atoms with Gasteiger partial charge in [0, 0.05) is 27.7 Å². The van der Waals surface area contributed by atoms with E-state index in [9.17, 15) is 0 Å². The summed E-state index contributed by atoms with van der Waals surface area (Å²) in [5, 5.41) is 1.44. The van der Waals surface area contributed by atoms with Crippen molar-refractivity contribution in [2.45, 2.75) is 130 Å². The molecule has 0 aliphatic rings. The molecule has 34 heavy (non-hydrogen) atoms. The Bertz CT molecular complexity index is 951. The van der Waals surface area contributed by atoms with E-state index in [1.807, 2.05) is 0 Å². The predicted octanol–water partition coefficient (Wildman–Crippen LogP) is 9.83. The Morgan fingerprint density at radius 3 is 1.79 bits per heavy atom. The molecule has 0 unspecified atom stereocenters. The largest absolute Gasteiger partial charge is 0.416 e. The third kappa shape index (κ3) is 5.48. The quantitative estimate of drug-likeness (QED) is 0.196. The first kappa shape index (κ1) is 29.9. The summed E-state index contributed by atoms with van der Waals surface area (Å²) < 4.78 is 10.5. The van der Waals surface area contributed by atoms with E-state index < -0.39 is 8.32 Å². The van der Waals surface area contributed by atoms with Gasteiger partial charge in [0.05, 0.1) is 0 Å². The number of rotatable bonds is 11. The summed E-state index contributed by atoms with van der Waals surface area (Å²) in [7, 11) is 2.20. The van der Waals surface area contributed by atoms with Gasteiger partial charge in [0.2, 0.25) is 0 Å². The second kappa shape index (κ2) is 11.8. The van der Waals surface area contributed by atoms with E-state index in [0.717, 1.165) is 19.4 Å². The molecule has 0 amide bonds. The minimum absolute atomic E-state index is 0.442. The van der Waals surface area contributed by atoms with Gasteiger partial charge in [-0.1, -0.05) is 99.0 Å². The molecule has 0 saturated carbocycles. The Kier molecular flexibility index (Phi) is 10.4. The molecule has 5 heteroatoms. The molecular formula is C29H49BrNOSi2. The van der Waals surface area contributed by atoms with Crippen molar-refractivity contribution in [3.05, 3.63) is 32.9 Å². The zero-order chi connectivity index (χ0) is 26.1. The van der Waals surface area contributed by atoms with Crippen molar-refractivity contribution in [1.29, 1.82) is 0 Å². The molecule has 0 aliphatic carbocycles. The molecule has 2 rings (SSSR count). The molecule has 0 fully saturated rings.